The Labute approximate surface area is 255 Å². The fourth-order valence-corrected chi connectivity index (χ4v) is 5.47. The Balaban J connectivity index is 1.33. The summed E-state index contributed by atoms with van der Waals surface area (Å²) in [5.74, 6) is 3.34. The van der Waals surface area contributed by atoms with Crippen LogP contribution in [0.1, 0.15) is 16.7 Å². The van der Waals surface area contributed by atoms with E-state index in [1.807, 2.05) is 48.5 Å². The number of amides is 1. The second-order valence-corrected chi connectivity index (χ2v) is 10.7. The highest BCUT2D eigenvalue weighted by atomic mass is 32.1. The van der Waals surface area contributed by atoms with Crippen molar-refractivity contribution in [3.8, 4) is 22.8 Å². The highest BCUT2D eigenvalue weighted by Crippen LogP contribution is 2.36. The third-order valence-electron chi connectivity index (χ3n) is 7.60. The van der Waals surface area contributed by atoms with Crippen LogP contribution in [-0.2, 0) is 24.2 Å². The van der Waals surface area contributed by atoms with E-state index in [1.165, 1.54) is 0 Å². The molecular formula is C31H33N7O4S. The van der Waals surface area contributed by atoms with Gasteiger partial charge in [0.05, 0.1) is 33.1 Å². The summed E-state index contributed by atoms with van der Waals surface area (Å²) >= 11 is 4.09. The Morgan fingerprint density at radius 1 is 0.884 bits per heavy atom. The number of carbonyl (C=O) groups is 1. The first-order valence-corrected chi connectivity index (χ1v) is 14.5. The Bertz CT molecular complexity index is 1510. The van der Waals surface area contributed by atoms with Gasteiger partial charge < -0.3 is 24.0 Å². The molecule has 4 heterocycles. The van der Waals surface area contributed by atoms with Gasteiger partial charge in [0.2, 0.25) is 11.9 Å². The third-order valence-corrected chi connectivity index (χ3v) is 7.84. The van der Waals surface area contributed by atoms with Crippen LogP contribution in [0, 0.1) is 0 Å². The van der Waals surface area contributed by atoms with Crippen LogP contribution >= 0.6 is 12.6 Å². The minimum atomic E-state index is -0.337. The number of nitrogens with zero attached hydrogens (tertiary/aromatic N) is 7. The van der Waals surface area contributed by atoms with Crippen molar-refractivity contribution in [3.63, 3.8) is 0 Å². The Morgan fingerprint density at radius 3 is 2.00 bits per heavy atom. The number of methoxy groups -OCH3 is 2. The van der Waals surface area contributed by atoms with Crippen molar-refractivity contribution in [1.82, 2.24) is 19.9 Å². The van der Waals surface area contributed by atoms with Crippen molar-refractivity contribution >= 4 is 35.6 Å². The molecule has 2 aromatic carbocycles. The maximum atomic E-state index is 12.3. The molecule has 0 unspecified atom stereocenters. The first-order valence-electron chi connectivity index (χ1n) is 14.1. The molecule has 12 heteroatoms. The minimum absolute atomic E-state index is 0.337. The number of hydrogen-bond acceptors (Lipinski definition) is 10. The lowest BCUT2D eigenvalue weighted by Crippen LogP contribution is -2.37. The Hall–Kier alpha value is -4.42. The summed E-state index contributed by atoms with van der Waals surface area (Å²) in [7, 11) is 3.32. The van der Waals surface area contributed by atoms with Crippen LogP contribution in [0.5, 0.6) is 11.5 Å². The van der Waals surface area contributed by atoms with Crippen LogP contribution < -0.4 is 24.2 Å². The topological polar surface area (TPSA) is 106 Å². The van der Waals surface area contributed by atoms with Gasteiger partial charge in [-0.2, -0.15) is 4.98 Å². The summed E-state index contributed by atoms with van der Waals surface area (Å²) in [5, 5.41) is -0.337. The van der Waals surface area contributed by atoms with E-state index in [0.29, 0.717) is 70.1 Å². The van der Waals surface area contributed by atoms with Crippen molar-refractivity contribution in [2.24, 2.45) is 0 Å². The Morgan fingerprint density at radius 2 is 1.47 bits per heavy atom. The molecule has 4 aromatic rings. The summed E-state index contributed by atoms with van der Waals surface area (Å²) in [4.78, 5) is 37.4. The van der Waals surface area contributed by atoms with Crippen LogP contribution in [-0.4, -0.2) is 72.2 Å². The summed E-state index contributed by atoms with van der Waals surface area (Å²) in [5.41, 5.74) is 4.58. The molecule has 0 atom stereocenters. The molecule has 6 rings (SSSR count). The minimum Gasteiger partial charge on any atom is -0.497 e. The molecule has 0 bridgehead atoms. The summed E-state index contributed by atoms with van der Waals surface area (Å²) < 4.78 is 16.2. The smallest absolute Gasteiger partial charge is 0.284 e. The number of fused-ring (bicyclic) bond motifs is 1. The molecular weight excluding hydrogens is 566 g/mol. The van der Waals surface area contributed by atoms with Gasteiger partial charge in [0.15, 0.2) is 0 Å². The molecule has 0 radical (unpaired) electrons. The zero-order valence-electron chi connectivity index (χ0n) is 24.1. The van der Waals surface area contributed by atoms with E-state index in [2.05, 4.69) is 22.4 Å². The number of carbonyl (C=O) groups excluding carboxylic acids is 1. The van der Waals surface area contributed by atoms with Gasteiger partial charge in [-0.25, -0.2) is 15.0 Å². The third kappa shape index (κ3) is 6.35. The van der Waals surface area contributed by atoms with E-state index < -0.39 is 0 Å². The lowest BCUT2D eigenvalue weighted by atomic mass is 10.1. The van der Waals surface area contributed by atoms with Gasteiger partial charge in [0.25, 0.3) is 5.24 Å². The molecule has 0 saturated carbocycles. The van der Waals surface area contributed by atoms with Crippen LogP contribution in [0.2, 0.25) is 0 Å². The van der Waals surface area contributed by atoms with Gasteiger partial charge in [0.1, 0.15) is 17.3 Å². The second kappa shape index (κ2) is 12.8. The number of aromatic nitrogens is 4. The van der Waals surface area contributed by atoms with E-state index >= 15 is 0 Å². The average Bonchev–Trinajstić information content (AvgIpc) is 3.50. The van der Waals surface area contributed by atoms with Gasteiger partial charge in [-0.15, -0.1) is 0 Å². The predicted octanol–water partition coefficient (Wildman–Crippen LogP) is 4.41. The Kier molecular flexibility index (Phi) is 8.57. The van der Waals surface area contributed by atoms with Crippen molar-refractivity contribution < 1.29 is 19.0 Å². The van der Waals surface area contributed by atoms with E-state index in [9.17, 15) is 4.79 Å². The van der Waals surface area contributed by atoms with Gasteiger partial charge in [-0.3, -0.25) is 9.69 Å². The largest absolute Gasteiger partial charge is 0.497 e. The first-order chi connectivity index (χ1) is 21.0. The maximum absolute atomic E-state index is 12.3. The molecule has 43 heavy (non-hydrogen) atoms. The number of thiol groups is 1. The highest BCUT2D eigenvalue weighted by molar-refractivity contribution is 7.96. The monoisotopic (exact) mass is 599 g/mol. The highest BCUT2D eigenvalue weighted by Gasteiger charge is 2.31. The molecule has 0 spiro atoms. The van der Waals surface area contributed by atoms with E-state index in [4.69, 9.17) is 34.1 Å². The first kappa shape index (κ1) is 28.7. The number of benzene rings is 2. The van der Waals surface area contributed by atoms with Crippen LogP contribution in [0.3, 0.4) is 0 Å². The lowest BCUT2D eigenvalue weighted by Gasteiger charge is -2.28. The van der Waals surface area contributed by atoms with Gasteiger partial charge in [-0.05, 0) is 41.8 Å². The van der Waals surface area contributed by atoms with Gasteiger partial charge in [-0.1, -0.05) is 36.9 Å². The fourth-order valence-electron chi connectivity index (χ4n) is 5.28. The molecule has 1 saturated heterocycles. The normalized spacial score (nSPS) is 14.4. The van der Waals surface area contributed by atoms with Crippen molar-refractivity contribution in [1.29, 1.82) is 0 Å². The number of morpholine rings is 1. The predicted molar refractivity (Wildman–Crippen MR) is 167 cm³/mol. The quantitative estimate of drug-likeness (QED) is 0.278. The van der Waals surface area contributed by atoms with Crippen LogP contribution in [0.4, 0.5) is 22.5 Å². The molecule has 2 aliphatic heterocycles. The zero-order chi connectivity index (χ0) is 29.8. The standard InChI is InChI=1S/C31H33N7O4S/c1-40-24-7-3-21(4-8-24)19-37(20-22-5-9-25(41-2)10-6-22)29-32-17-23(18-33-29)27-26-11-12-38(31(39)43)28(26)35-30(34-27)36-13-15-42-16-14-36/h3-10,17-18H,11-16,19-20H2,1-2H3,(H,39,43). The maximum Gasteiger partial charge on any atom is 0.284 e. The fraction of sp³-hybridized carbons (Fsp3) is 0.323. The molecule has 222 valence electrons. The lowest BCUT2D eigenvalue weighted by molar-refractivity contribution is 0.122. The van der Waals surface area contributed by atoms with Crippen molar-refractivity contribution in [3.05, 3.63) is 77.6 Å². The number of hydrogen-bond donors (Lipinski definition) is 1. The molecule has 2 aromatic heterocycles. The molecule has 0 N–H and O–H groups in total. The SMILES string of the molecule is COc1ccc(CN(Cc2ccc(OC)cc2)c2ncc(-c3nc(N4CCOCC4)nc4c3CCN4C(=O)S)cn2)cc1. The summed E-state index contributed by atoms with van der Waals surface area (Å²) in [6.45, 7) is 4.24. The number of rotatable bonds is 9. The molecule has 1 fully saturated rings. The number of anilines is 3. The second-order valence-electron chi connectivity index (χ2n) is 10.3. The molecule has 11 nitrogen and oxygen atoms in total. The van der Waals surface area contributed by atoms with E-state index in [0.717, 1.165) is 39.4 Å². The average molecular weight is 600 g/mol. The molecule has 0 aliphatic carbocycles. The van der Waals surface area contributed by atoms with E-state index in [1.54, 1.807) is 31.5 Å². The van der Waals surface area contributed by atoms with Gasteiger partial charge >= 0.3 is 0 Å². The van der Waals surface area contributed by atoms with Crippen LogP contribution in [0.15, 0.2) is 60.9 Å². The number of ether oxygens (including phenoxy) is 3. The molecule has 1 amide bonds. The van der Waals surface area contributed by atoms with Crippen LogP contribution in [0.25, 0.3) is 11.3 Å². The van der Waals surface area contributed by atoms with Crippen molar-refractivity contribution in [2.75, 3.05) is 61.8 Å². The van der Waals surface area contributed by atoms with Gasteiger partial charge in [0, 0.05) is 56.2 Å². The summed E-state index contributed by atoms with van der Waals surface area (Å²) in [6, 6.07) is 16.0. The van der Waals surface area contributed by atoms with E-state index in [-0.39, 0.29) is 5.24 Å². The molecule has 2 aliphatic rings. The van der Waals surface area contributed by atoms with Crippen molar-refractivity contribution in [2.45, 2.75) is 19.5 Å². The zero-order valence-corrected chi connectivity index (χ0v) is 25.0. The summed E-state index contributed by atoms with van der Waals surface area (Å²) in [6.07, 6.45) is 4.23.